The van der Waals surface area contributed by atoms with Crippen LogP contribution in [0.5, 0.6) is 5.75 Å². The predicted molar refractivity (Wildman–Crippen MR) is 82.3 cm³/mol. The molecule has 1 aromatic carbocycles. The van der Waals surface area contributed by atoms with E-state index in [1.165, 1.54) is 0 Å². The second-order valence-electron chi connectivity index (χ2n) is 4.84. The zero-order valence-corrected chi connectivity index (χ0v) is 12.6. The molecule has 0 aliphatic rings. The lowest BCUT2D eigenvalue weighted by Gasteiger charge is -2.17. The van der Waals surface area contributed by atoms with Crippen LogP contribution in [-0.2, 0) is 6.54 Å². The summed E-state index contributed by atoms with van der Waals surface area (Å²) < 4.78 is 5.79. The molecule has 0 atom stereocenters. The molecule has 0 bridgehead atoms. The second-order valence-corrected chi connectivity index (χ2v) is 5.23. The molecule has 0 aliphatic heterocycles. The largest absolute Gasteiger partial charge is 0.492 e. The fourth-order valence-corrected chi connectivity index (χ4v) is 2.03. The van der Waals surface area contributed by atoms with Gasteiger partial charge in [-0.15, -0.1) is 0 Å². The first-order chi connectivity index (χ1) is 9.65. The normalized spacial score (nSPS) is 10.8. The van der Waals surface area contributed by atoms with E-state index in [9.17, 15) is 0 Å². The van der Waals surface area contributed by atoms with E-state index in [1.54, 1.807) is 6.20 Å². The van der Waals surface area contributed by atoms with Gasteiger partial charge >= 0.3 is 0 Å². The van der Waals surface area contributed by atoms with Crippen molar-refractivity contribution in [2.75, 3.05) is 20.2 Å². The summed E-state index contributed by atoms with van der Waals surface area (Å²) in [5, 5.41) is 0.527. The molecule has 1 aromatic heterocycles. The van der Waals surface area contributed by atoms with Crippen molar-refractivity contribution < 1.29 is 4.74 Å². The minimum Gasteiger partial charge on any atom is -0.492 e. The molecule has 20 heavy (non-hydrogen) atoms. The minimum absolute atomic E-state index is 0.527. The van der Waals surface area contributed by atoms with Gasteiger partial charge in [-0.2, -0.15) is 0 Å². The quantitative estimate of drug-likeness (QED) is 0.761. The topological polar surface area (TPSA) is 25.4 Å². The summed E-state index contributed by atoms with van der Waals surface area (Å²) in [5.41, 5.74) is 2.31. The van der Waals surface area contributed by atoms with Crippen LogP contribution in [0.3, 0.4) is 0 Å². The third-order valence-electron chi connectivity index (χ3n) is 3.07. The number of aryl methyl sites for hydroxylation is 1. The van der Waals surface area contributed by atoms with Crippen LogP contribution in [0.15, 0.2) is 42.6 Å². The summed E-state index contributed by atoms with van der Waals surface area (Å²) in [7, 11) is 2.07. The number of halogens is 1. The van der Waals surface area contributed by atoms with Gasteiger partial charge < -0.3 is 4.74 Å². The Bertz CT molecular complexity index is 542. The highest BCUT2D eigenvalue weighted by Gasteiger charge is 2.03. The maximum absolute atomic E-state index is 5.79. The third-order valence-corrected chi connectivity index (χ3v) is 3.29. The molecule has 0 radical (unpaired) electrons. The lowest BCUT2D eigenvalue weighted by Crippen LogP contribution is -2.24. The molecular weight excluding hydrogens is 272 g/mol. The molecule has 1 heterocycles. The number of ether oxygens (including phenoxy) is 1. The van der Waals surface area contributed by atoms with Crippen LogP contribution in [0.1, 0.15) is 11.1 Å². The van der Waals surface area contributed by atoms with Gasteiger partial charge in [-0.25, -0.2) is 4.98 Å². The summed E-state index contributed by atoms with van der Waals surface area (Å²) in [4.78, 5) is 6.28. The van der Waals surface area contributed by atoms with Gasteiger partial charge in [0.05, 0.1) is 0 Å². The Morgan fingerprint density at radius 1 is 1.20 bits per heavy atom. The van der Waals surface area contributed by atoms with E-state index in [0.717, 1.165) is 30.0 Å². The monoisotopic (exact) mass is 290 g/mol. The number of rotatable bonds is 6. The highest BCUT2D eigenvalue weighted by atomic mass is 35.5. The third kappa shape index (κ3) is 4.51. The molecule has 106 valence electrons. The fraction of sp³-hybridized carbons (Fsp3) is 0.312. The van der Waals surface area contributed by atoms with Gasteiger partial charge in [-0.1, -0.05) is 35.9 Å². The van der Waals surface area contributed by atoms with Crippen molar-refractivity contribution in [2.45, 2.75) is 13.5 Å². The van der Waals surface area contributed by atoms with Crippen molar-refractivity contribution in [3.63, 3.8) is 0 Å². The van der Waals surface area contributed by atoms with Gasteiger partial charge in [-0.05, 0) is 37.2 Å². The molecule has 2 rings (SSSR count). The first-order valence-corrected chi connectivity index (χ1v) is 7.00. The van der Waals surface area contributed by atoms with E-state index in [0.29, 0.717) is 11.8 Å². The minimum atomic E-state index is 0.527. The number of para-hydroxylation sites is 1. The zero-order chi connectivity index (χ0) is 14.4. The number of hydrogen-bond acceptors (Lipinski definition) is 3. The number of nitrogens with zero attached hydrogens (tertiary/aromatic N) is 2. The van der Waals surface area contributed by atoms with Crippen molar-refractivity contribution in [3.8, 4) is 5.75 Å². The summed E-state index contributed by atoms with van der Waals surface area (Å²) in [5.74, 6) is 0.953. The molecule has 0 amide bonds. The van der Waals surface area contributed by atoms with Gasteiger partial charge in [0, 0.05) is 19.3 Å². The average Bonchev–Trinajstić information content (AvgIpc) is 2.43. The smallest absolute Gasteiger partial charge is 0.129 e. The molecule has 0 N–H and O–H groups in total. The van der Waals surface area contributed by atoms with Crippen molar-refractivity contribution in [2.24, 2.45) is 0 Å². The predicted octanol–water partition coefficient (Wildman–Crippen LogP) is 3.55. The summed E-state index contributed by atoms with van der Waals surface area (Å²) in [6, 6.07) is 11.9. The molecule has 0 saturated heterocycles. The van der Waals surface area contributed by atoms with Gasteiger partial charge in [0.25, 0.3) is 0 Å². The Hall–Kier alpha value is -1.58. The molecule has 0 unspecified atom stereocenters. The SMILES string of the molecule is Cc1ccccc1OCCN(C)Cc1ccc(Cl)nc1. The average molecular weight is 291 g/mol. The van der Waals surface area contributed by atoms with E-state index >= 15 is 0 Å². The van der Waals surface area contributed by atoms with Crippen LogP contribution in [0.4, 0.5) is 0 Å². The van der Waals surface area contributed by atoms with Crippen LogP contribution in [0.25, 0.3) is 0 Å². The van der Waals surface area contributed by atoms with Crippen molar-refractivity contribution in [1.82, 2.24) is 9.88 Å². The maximum Gasteiger partial charge on any atom is 0.129 e. The second kappa shape index (κ2) is 7.27. The first-order valence-electron chi connectivity index (χ1n) is 6.62. The number of aromatic nitrogens is 1. The van der Waals surface area contributed by atoms with Crippen molar-refractivity contribution in [1.29, 1.82) is 0 Å². The number of pyridine rings is 1. The number of likely N-dealkylation sites (N-methyl/N-ethyl adjacent to an activating group) is 1. The van der Waals surface area contributed by atoms with Gasteiger partial charge in [0.1, 0.15) is 17.5 Å². The Kier molecular flexibility index (Phi) is 5.39. The summed E-state index contributed by atoms with van der Waals surface area (Å²) >= 11 is 5.77. The van der Waals surface area contributed by atoms with Crippen LogP contribution in [-0.4, -0.2) is 30.1 Å². The van der Waals surface area contributed by atoms with Crippen molar-refractivity contribution in [3.05, 3.63) is 58.9 Å². The van der Waals surface area contributed by atoms with Gasteiger partial charge in [0.15, 0.2) is 0 Å². The van der Waals surface area contributed by atoms with E-state index in [1.807, 2.05) is 30.3 Å². The van der Waals surface area contributed by atoms with Crippen LogP contribution in [0, 0.1) is 6.92 Å². The maximum atomic E-state index is 5.79. The van der Waals surface area contributed by atoms with Crippen LogP contribution >= 0.6 is 11.6 Å². The molecule has 0 saturated carbocycles. The lowest BCUT2D eigenvalue weighted by molar-refractivity contribution is 0.232. The molecule has 3 nitrogen and oxygen atoms in total. The zero-order valence-electron chi connectivity index (χ0n) is 11.8. The molecule has 0 spiro atoms. The Balaban J connectivity index is 1.76. The molecule has 2 aromatic rings. The summed E-state index contributed by atoms with van der Waals surface area (Å²) in [6.07, 6.45) is 1.81. The van der Waals surface area contributed by atoms with Gasteiger partial charge in [-0.3, -0.25) is 4.90 Å². The first kappa shape index (κ1) is 14.8. The highest BCUT2D eigenvalue weighted by Crippen LogP contribution is 2.16. The standard InChI is InChI=1S/C16H19ClN2O/c1-13-5-3-4-6-15(13)20-10-9-19(2)12-14-7-8-16(17)18-11-14/h3-8,11H,9-10,12H2,1-2H3. The molecule has 0 fully saturated rings. The highest BCUT2D eigenvalue weighted by molar-refractivity contribution is 6.29. The molecular formula is C16H19ClN2O. The number of benzene rings is 1. The van der Waals surface area contributed by atoms with E-state index < -0.39 is 0 Å². The van der Waals surface area contributed by atoms with Crippen LogP contribution in [0.2, 0.25) is 5.15 Å². The van der Waals surface area contributed by atoms with E-state index in [-0.39, 0.29) is 0 Å². The summed E-state index contributed by atoms with van der Waals surface area (Å²) in [6.45, 7) is 4.42. The molecule has 0 aliphatic carbocycles. The van der Waals surface area contributed by atoms with Crippen LogP contribution < -0.4 is 4.74 Å². The van der Waals surface area contributed by atoms with E-state index in [4.69, 9.17) is 16.3 Å². The lowest BCUT2D eigenvalue weighted by atomic mass is 10.2. The van der Waals surface area contributed by atoms with Crippen molar-refractivity contribution >= 4 is 11.6 Å². The Labute approximate surface area is 125 Å². The fourth-order valence-electron chi connectivity index (χ4n) is 1.92. The Morgan fingerprint density at radius 3 is 2.70 bits per heavy atom. The molecule has 4 heteroatoms. The number of hydrogen-bond donors (Lipinski definition) is 0. The Morgan fingerprint density at radius 2 is 2.00 bits per heavy atom. The van der Waals surface area contributed by atoms with Gasteiger partial charge in [0.2, 0.25) is 0 Å². The van der Waals surface area contributed by atoms with E-state index in [2.05, 4.69) is 29.9 Å².